The summed E-state index contributed by atoms with van der Waals surface area (Å²) >= 11 is 0. The van der Waals surface area contributed by atoms with Gasteiger partial charge in [-0.25, -0.2) is 10.3 Å². The number of hydrogen-bond donors (Lipinski definition) is 2. The molecule has 0 aliphatic rings. The molecule has 0 heterocycles. The molecule has 0 bridgehead atoms. The Hall–Kier alpha value is -1.12. The monoisotopic (exact) mass is 242 g/mol. The van der Waals surface area contributed by atoms with Crippen LogP contribution < -0.4 is 10.3 Å². The Labute approximate surface area is 84.9 Å². The fourth-order valence-electron chi connectivity index (χ4n) is 0.627. The summed E-state index contributed by atoms with van der Waals surface area (Å²) in [5.74, 6) is 0. The van der Waals surface area contributed by atoms with Crippen LogP contribution in [0, 0.1) is 0 Å². The summed E-state index contributed by atoms with van der Waals surface area (Å²) in [6.07, 6.45) is -4.21. The first-order valence-corrected chi connectivity index (χ1v) is 5.14. The first-order valence-electron chi connectivity index (χ1n) is 3.53. The van der Waals surface area contributed by atoms with Crippen molar-refractivity contribution in [3.05, 3.63) is 35.9 Å². The lowest BCUT2D eigenvalue weighted by atomic mass is 10.2. The van der Waals surface area contributed by atoms with Crippen molar-refractivity contribution in [3.8, 4) is 0 Å². The standard InChI is InChI=1S/C7H5F3.H4N2O2S/c8-7(9,10)6-4-2-1-3-5-6;1-5(2,3)4/h1-5H;(H4,1,2,3,4). The SMILES string of the molecule is FC(F)(F)c1ccccc1.NS(N)(=O)=O. The second-order valence-electron chi connectivity index (χ2n) is 2.45. The minimum absolute atomic E-state index is 0.602. The van der Waals surface area contributed by atoms with Gasteiger partial charge in [0.2, 0.25) is 0 Å². The van der Waals surface area contributed by atoms with Gasteiger partial charge in [0.25, 0.3) is 10.2 Å². The molecule has 0 spiro atoms. The molecular weight excluding hydrogens is 233 g/mol. The molecule has 0 aromatic heterocycles. The van der Waals surface area contributed by atoms with E-state index >= 15 is 0 Å². The Morgan fingerprint density at radius 3 is 1.53 bits per heavy atom. The third-order valence-electron chi connectivity index (χ3n) is 1.10. The van der Waals surface area contributed by atoms with Crippen LogP contribution in [-0.2, 0) is 16.4 Å². The third-order valence-corrected chi connectivity index (χ3v) is 1.10. The molecule has 1 rings (SSSR count). The molecule has 4 N–H and O–H groups in total. The predicted molar refractivity (Wildman–Crippen MR) is 48.7 cm³/mol. The van der Waals surface area contributed by atoms with Crippen molar-refractivity contribution in [1.29, 1.82) is 0 Å². The number of benzene rings is 1. The van der Waals surface area contributed by atoms with E-state index in [1.165, 1.54) is 12.1 Å². The molecule has 0 radical (unpaired) electrons. The van der Waals surface area contributed by atoms with Crippen LogP contribution in [0.3, 0.4) is 0 Å². The molecule has 0 amide bonds. The Bertz CT molecular complexity index is 380. The van der Waals surface area contributed by atoms with Crippen LogP contribution >= 0.6 is 0 Å². The Kier molecular flexibility index (Phi) is 4.72. The van der Waals surface area contributed by atoms with E-state index in [0.717, 1.165) is 12.1 Å². The maximum Gasteiger partial charge on any atom is 0.416 e. The highest BCUT2D eigenvalue weighted by Gasteiger charge is 2.29. The van der Waals surface area contributed by atoms with Crippen molar-refractivity contribution < 1.29 is 21.6 Å². The van der Waals surface area contributed by atoms with Gasteiger partial charge in [-0.05, 0) is 0 Å². The lowest BCUT2D eigenvalue weighted by Gasteiger charge is -2.03. The Morgan fingerprint density at radius 1 is 1.00 bits per heavy atom. The van der Waals surface area contributed by atoms with Crippen molar-refractivity contribution in [2.75, 3.05) is 0 Å². The second kappa shape index (κ2) is 5.10. The smallest absolute Gasteiger partial charge is 0.216 e. The minimum atomic E-state index is -4.21. The van der Waals surface area contributed by atoms with E-state index in [2.05, 4.69) is 10.3 Å². The summed E-state index contributed by atoms with van der Waals surface area (Å²) in [6, 6.07) is 6.36. The van der Waals surface area contributed by atoms with Crippen LogP contribution in [0.1, 0.15) is 5.56 Å². The maximum atomic E-state index is 11.8. The summed E-state index contributed by atoms with van der Waals surface area (Å²) < 4.78 is 53.7. The van der Waals surface area contributed by atoms with Crippen molar-refractivity contribution in [2.45, 2.75) is 6.18 Å². The van der Waals surface area contributed by atoms with E-state index in [9.17, 15) is 21.6 Å². The van der Waals surface area contributed by atoms with Crippen LogP contribution in [0.25, 0.3) is 0 Å². The van der Waals surface area contributed by atoms with Crippen molar-refractivity contribution in [1.82, 2.24) is 0 Å². The molecular formula is C7H9F3N2O2S. The molecule has 86 valence electrons. The maximum absolute atomic E-state index is 11.8. The predicted octanol–water partition coefficient (Wildman–Crippen LogP) is 0.854. The van der Waals surface area contributed by atoms with Gasteiger partial charge in [-0.3, -0.25) is 0 Å². The summed E-state index contributed by atoms with van der Waals surface area (Å²) in [4.78, 5) is 0. The lowest BCUT2D eigenvalue weighted by molar-refractivity contribution is -0.137. The van der Waals surface area contributed by atoms with Crippen LogP contribution in [0.5, 0.6) is 0 Å². The van der Waals surface area contributed by atoms with E-state index in [4.69, 9.17) is 0 Å². The van der Waals surface area contributed by atoms with E-state index in [0.29, 0.717) is 0 Å². The molecule has 0 saturated carbocycles. The molecule has 0 aliphatic heterocycles. The van der Waals surface area contributed by atoms with E-state index in [-0.39, 0.29) is 0 Å². The topological polar surface area (TPSA) is 86.2 Å². The van der Waals surface area contributed by atoms with Gasteiger partial charge >= 0.3 is 6.18 Å². The van der Waals surface area contributed by atoms with Gasteiger partial charge in [-0.15, -0.1) is 0 Å². The number of alkyl halides is 3. The van der Waals surface area contributed by atoms with Gasteiger partial charge in [0.15, 0.2) is 0 Å². The Morgan fingerprint density at radius 2 is 1.33 bits per heavy atom. The molecule has 0 saturated heterocycles. The second-order valence-corrected chi connectivity index (χ2v) is 3.63. The van der Waals surface area contributed by atoms with Crippen LogP contribution in [0.15, 0.2) is 30.3 Å². The zero-order valence-electron chi connectivity index (χ0n) is 7.40. The first-order chi connectivity index (χ1) is 6.61. The number of nitrogens with two attached hydrogens (primary N) is 2. The van der Waals surface area contributed by atoms with E-state index in [1.807, 2.05) is 0 Å². The summed E-state index contributed by atoms with van der Waals surface area (Å²) in [5, 5.41) is 8.21. The van der Waals surface area contributed by atoms with Crippen LogP contribution in [0.4, 0.5) is 13.2 Å². The normalized spacial score (nSPS) is 11.5. The van der Waals surface area contributed by atoms with Crippen LogP contribution in [-0.4, -0.2) is 8.42 Å². The largest absolute Gasteiger partial charge is 0.416 e. The highest BCUT2D eigenvalue weighted by Crippen LogP contribution is 2.28. The summed E-state index contributed by atoms with van der Waals surface area (Å²) in [5.41, 5.74) is -0.602. The zero-order valence-corrected chi connectivity index (χ0v) is 8.22. The zero-order chi connectivity index (χ0) is 12.1. The highest BCUT2D eigenvalue weighted by atomic mass is 32.2. The van der Waals surface area contributed by atoms with Crippen molar-refractivity contribution in [3.63, 3.8) is 0 Å². The molecule has 4 nitrogen and oxygen atoms in total. The summed E-state index contributed by atoms with van der Waals surface area (Å²) in [7, 11) is -3.67. The summed E-state index contributed by atoms with van der Waals surface area (Å²) in [6.45, 7) is 0. The average molecular weight is 242 g/mol. The molecule has 0 unspecified atom stereocenters. The van der Waals surface area contributed by atoms with Gasteiger partial charge in [0.1, 0.15) is 0 Å². The van der Waals surface area contributed by atoms with Crippen molar-refractivity contribution in [2.24, 2.45) is 10.3 Å². The lowest BCUT2D eigenvalue weighted by Crippen LogP contribution is -2.21. The van der Waals surface area contributed by atoms with Gasteiger partial charge in [-0.2, -0.15) is 21.6 Å². The molecule has 0 fully saturated rings. The number of halogens is 3. The van der Waals surface area contributed by atoms with Crippen molar-refractivity contribution >= 4 is 10.2 Å². The van der Waals surface area contributed by atoms with Gasteiger partial charge in [0, 0.05) is 0 Å². The molecule has 15 heavy (non-hydrogen) atoms. The van der Waals surface area contributed by atoms with Crippen LogP contribution in [0.2, 0.25) is 0 Å². The molecule has 0 atom stereocenters. The third kappa shape index (κ3) is 9.19. The number of hydrogen-bond acceptors (Lipinski definition) is 2. The first kappa shape index (κ1) is 13.9. The quantitative estimate of drug-likeness (QED) is 0.706. The Balaban J connectivity index is 0.000000336. The minimum Gasteiger partial charge on any atom is -0.216 e. The van der Waals surface area contributed by atoms with E-state index in [1.54, 1.807) is 6.07 Å². The van der Waals surface area contributed by atoms with Gasteiger partial charge in [0.05, 0.1) is 5.56 Å². The number of rotatable bonds is 0. The fourth-order valence-corrected chi connectivity index (χ4v) is 0.627. The van der Waals surface area contributed by atoms with Gasteiger partial charge < -0.3 is 0 Å². The fraction of sp³-hybridized carbons (Fsp3) is 0.143. The molecule has 1 aromatic carbocycles. The van der Waals surface area contributed by atoms with E-state index < -0.39 is 21.9 Å². The highest BCUT2D eigenvalue weighted by molar-refractivity contribution is 7.86. The van der Waals surface area contributed by atoms with Gasteiger partial charge in [-0.1, -0.05) is 30.3 Å². The molecule has 8 heteroatoms. The average Bonchev–Trinajstić information content (AvgIpc) is 2.01. The molecule has 1 aromatic rings. The molecule has 0 aliphatic carbocycles.